The molecule has 0 saturated carbocycles. The zero-order valence-corrected chi connectivity index (χ0v) is 11.5. The second kappa shape index (κ2) is 6.41. The highest BCUT2D eigenvalue weighted by Crippen LogP contribution is 2.21. The van der Waals surface area contributed by atoms with E-state index in [0.717, 1.165) is 0 Å². The van der Waals surface area contributed by atoms with Gasteiger partial charge in [0.25, 0.3) is 5.91 Å². The Hall–Kier alpha value is -2.04. The van der Waals surface area contributed by atoms with Gasteiger partial charge in [0.1, 0.15) is 5.75 Å². The third-order valence-corrected chi connectivity index (χ3v) is 3.52. The molecule has 5 heteroatoms. The van der Waals surface area contributed by atoms with Crippen molar-refractivity contribution in [2.75, 3.05) is 19.7 Å². The molecule has 0 atom stereocenters. The van der Waals surface area contributed by atoms with Crippen LogP contribution in [0.3, 0.4) is 0 Å². The van der Waals surface area contributed by atoms with E-state index in [-0.39, 0.29) is 11.8 Å². The number of carbonyl (C=O) groups is 2. The molecule has 0 radical (unpaired) electrons. The van der Waals surface area contributed by atoms with Crippen molar-refractivity contribution in [2.45, 2.75) is 19.8 Å². The minimum atomic E-state index is -0.768. The van der Waals surface area contributed by atoms with Crippen LogP contribution < -0.4 is 4.74 Å². The van der Waals surface area contributed by atoms with E-state index in [2.05, 4.69) is 0 Å². The average Bonchev–Trinajstić information content (AvgIpc) is 2.47. The molecule has 1 aromatic rings. The zero-order chi connectivity index (χ0) is 14.5. The maximum absolute atomic E-state index is 12.4. The minimum absolute atomic E-state index is 0.0598. The van der Waals surface area contributed by atoms with Crippen LogP contribution in [0.15, 0.2) is 24.3 Å². The largest absolute Gasteiger partial charge is 0.494 e. The zero-order valence-electron chi connectivity index (χ0n) is 11.5. The Morgan fingerprint density at radius 1 is 1.35 bits per heavy atom. The molecule has 0 aromatic heterocycles. The molecule has 5 nitrogen and oxygen atoms in total. The Kier molecular flexibility index (Phi) is 4.61. The number of hydrogen-bond donors (Lipinski definition) is 1. The first-order valence-electron chi connectivity index (χ1n) is 6.86. The van der Waals surface area contributed by atoms with Crippen molar-refractivity contribution in [3.63, 3.8) is 0 Å². The third-order valence-electron chi connectivity index (χ3n) is 3.52. The lowest BCUT2D eigenvalue weighted by molar-refractivity contribution is -0.143. The summed E-state index contributed by atoms with van der Waals surface area (Å²) >= 11 is 0. The highest BCUT2D eigenvalue weighted by molar-refractivity contribution is 5.94. The standard InChI is InChI=1S/C15H19NO4/c1-2-20-13-5-3-4-12(10-13)14(17)16-8-6-11(7-9-16)15(18)19/h3-5,10-11H,2,6-9H2,1H3,(H,18,19). The van der Waals surface area contributed by atoms with Crippen LogP contribution in [0, 0.1) is 5.92 Å². The van der Waals surface area contributed by atoms with E-state index >= 15 is 0 Å². The fourth-order valence-corrected chi connectivity index (χ4v) is 2.40. The number of rotatable bonds is 4. The molecule has 1 aliphatic rings. The van der Waals surface area contributed by atoms with Crippen molar-refractivity contribution >= 4 is 11.9 Å². The number of carboxylic acids is 1. The number of hydrogen-bond acceptors (Lipinski definition) is 3. The van der Waals surface area contributed by atoms with Gasteiger partial charge in [-0.1, -0.05) is 6.07 Å². The molecule has 1 fully saturated rings. The van der Waals surface area contributed by atoms with Crippen LogP contribution in [-0.4, -0.2) is 41.6 Å². The van der Waals surface area contributed by atoms with E-state index in [9.17, 15) is 9.59 Å². The van der Waals surface area contributed by atoms with Crippen LogP contribution in [0.2, 0.25) is 0 Å². The second-order valence-electron chi connectivity index (χ2n) is 4.87. The van der Waals surface area contributed by atoms with Crippen LogP contribution in [0.5, 0.6) is 5.75 Å². The molecule has 0 unspecified atom stereocenters. The molecule has 1 heterocycles. The third kappa shape index (κ3) is 3.29. The molecule has 0 aliphatic carbocycles. The lowest BCUT2D eigenvalue weighted by Gasteiger charge is -2.30. The van der Waals surface area contributed by atoms with Gasteiger partial charge in [0.15, 0.2) is 0 Å². The van der Waals surface area contributed by atoms with E-state index in [4.69, 9.17) is 9.84 Å². The first-order valence-corrected chi connectivity index (χ1v) is 6.86. The van der Waals surface area contributed by atoms with Gasteiger partial charge >= 0.3 is 5.97 Å². The maximum atomic E-state index is 12.4. The quantitative estimate of drug-likeness (QED) is 0.914. The van der Waals surface area contributed by atoms with Gasteiger partial charge in [-0.3, -0.25) is 9.59 Å². The van der Waals surface area contributed by atoms with Gasteiger partial charge in [-0.25, -0.2) is 0 Å². The molecule has 20 heavy (non-hydrogen) atoms. The Morgan fingerprint density at radius 3 is 2.65 bits per heavy atom. The van der Waals surface area contributed by atoms with E-state index in [1.165, 1.54) is 0 Å². The summed E-state index contributed by atoms with van der Waals surface area (Å²) in [5, 5.41) is 8.96. The van der Waals surface area contributed by atoms with E-state index in [1.54, 1.807) is 23.1 Å². The molecular weight excluding hydrogens is 258 g/mol. The summed E-state index contributed by atoms with van der Waals surface area (Å²) in [6.07, 6.45) is 1.04. The second-order valence-corrected chi connectivity index (χ2v) is 4.87. The summed E-state index contributed by atoms with van der Waals surface area (Å²) < 4.78 is 5.38. The number of carbonyl (C=O) groups excluding carboxylic acids is 1. The molecule has 1 aromatic carbocycles. The average molecular weight is 277 g/mol. The van der Waals surface area contributed by atoms with Crippen LogP contribution in [0.25, 0.3) is 0 Å². The number of nitrogens with zero attached hydrogens (tertiary/aromatic N) is 1. The molecule has 108 valence electrons. The number of aliphatic carboxylic acids is 1. The highest BCUT2D eigenvalue weighted by atomic mass is 16.5. The normalized spacial score (nSPS) is 15.9. The lowest BCUT2D eigenvalue weighted by atomic mass is 9.96. The molecule has 1 amide bonds. The summed E-state index contributed by atoms with van der Waals surface area (Å²) in [5.74, 6) is -0.474. The molecule has 2 rings (SSSR count). The van der Waals surface area contributed by atoms with Gasteiger partial charge in [0.05, 0.1) is 12.5 Å². The van der Waals surface area contributed by atoms with Crippen molar-refractivity contribution in [1.82, 2.24) is 4.90 Å². The molecule has 0 spiro atoms. The van der Waals surface area contributed by atoms with Crippen molar-refractivity contribution < 1.29 is 19.4 Å². The van der Waals surface area contributed by atoms with Crippen molar-refractivity contribution in [3.05, 3.63) is 29.8 Å². The molecule has 1 aliphatic heterocycles. The first-order chi connectivity index (χ1) is 9.61. The van der Waals surface area contributed by atoms with Crippen LogP contribution in [0.4, 0.5) is 0 Å². The number of ether oxygens (including phenoxy) is 1. The minimum Gasteiger partial charge on any atom is -0.494 e. The van der Waals surface area contributed by atoms with E-state index < -0.39 is 5.97 Å². The van der Waals surface area contributed by atoms with Gasteiger partial charge in [-0.15, -0.1) is 0 Å². The van der Waals surface area contributed by atoms with Crippen LogP contribution in [0.1, 0.15) is 30.1 Å². The van der Waals surface area contributed by atoms with Crippen LogP contribution >= 0.6 is 0 Å². The van der Waals surface area contributed by atoms with Crippen LogP contribution in [-0.2, 0) is 4.79 Å². The van der Waals surface area contributed by atoms with Gasteiger partial charge < -0.3 is 14.7 Å². The first kappa shape index (κ1) is 14.4. The summed E-state index contributed by atoms with van der Waals surface area (Å²) in [5.41, 5.74) is 0.588. The SMILES string of the molecule is CCOc1cccc(C(=O)N2CCC(C(=O)O)CC2)c1. The monoisotopic (exact) mass is 277 g/mol. The van der Waals surface area contributed by atoms with Gasteiger partial charge in [-0.05, 0) is 38.0 Å². The molecule has 1 saturated heterocycles. The fraction of sp³-hybridized carbons (Fsp3) is 0.467. The predicted molar refractivity (Wildman–Crippen MR) is 73.9 cm³/mol. The Labute approximate surface area is 118 Å². The number of piperidine rings is 1. The van der Waals surface area contributed by atoms with Crippen molar-refractivity contribution in [1.29, 1.82) is 0 Å². The number of amides is 1. The van der Waals surface area contributed by atoms with Gasteiger partial charge in [0.2, 0.25) is 0 Å². The summed E-state index contributed by atoms with van der Waals surface area (Å²) in [6, 6.07) is 7.10. The van der Waals surface area contributed by atoms with Crippen molar-refractivity contribution in [2.24, 2.45) is 5.92 Å². The van der Waals surface area contributed by atoms with Gasteiger partial charge in [-0.2, -0.15) is 0 Å². The number of likely N-dealkylation sites (tertiary alicyclic amines) is 1. The fourth-order valence-electron chi connectivity index (χ4n) is 2.40. The molecule has 1 N–H and O–H groups in total. The van der Waals surface area contributed by atoms with E-state index in [1.807, 2.05) is 13.0 Å². The summed E-state index contributed by atoms with van der Waals surface area (Å²) in [4.78, 5) is 25.0. The summed E-state index contributed by atoms with van der Waals surface area (Å²) in [6.45, 7) is 3.44. The lowest BCUT2D eigenvalue weighted by Crippen LogP contribution is -2.40. The smallest absolute Gasteiger partial charge is 0.306 e. The Morgan fingerprint density at radius 2 is 2.05 bits per heavy atom. The highest BCUT2D eigenvalue weighted by Gasteiger charge is 2.27. The Bertz CT molecular complexity index is 492. The predicted octanol–water partition coefficient (Wildman–Crippen LogP) is 2.02. The molecular formula is C15H19NO4. The van der Waals surface area contributed by atoms with E-state index in [0.29, 0.717) is 43.9 Å². The topological polar surface area (TPSA) is 66.8 Å². The Balaban J connectivity index is 2.01. The number of carboxylic acid groups (broad SMARTS) is 1. The molecule has 0 bridgehead atoms. The number of benzene rings is 1. The van der Waals surface area contributed by atoms with Gasteiger partial charge in [0, 0.05) is 18.7 Å². The maximum Gasteiger partial charge on any atom is 0.306 e. The van der Waals surface area contributed by atoms with Crippen molar-refractivity contribution in [3.8, 4) is 5.75 Å². The summed E-state index contributed by atoms with van der Waals surface area (Å²) in [7, 11) is 0.